The fourth-order valence-electron chi connectivity index (χ4n) is 1.57. The summed E-state index contributed by atoms with van der Waals surface area (Å²) >= 11 is 0. The zero-order valence-corrected chi connectivity index (χ0v) is 8.26. The van der Waals surface area contributed by atoms with Crippen molar-refractivity contribution in [2.24, 2.45) is 0 Å². The highest BCUT2D eigenvalue weighted by Crippen LogP contribution is 2.05. The largest absolute Gasteiger partial charge is 0.336 e. The third-order valence-corrected chi connectivity index (χ3v) is 2.49. The van der Waals surface area contributed by atoms with E-state index < -0.39 is 0 Å². The summed E-state index contributed by atoms with van der Waals surface area (Å²) < 4.78 is 1.98. The second-order valence-electron chi connectivity index (χ2n) is 3.49. The van der Waals surface area contributed by atoms with E-state index in [1.807, 2.05) is 22.7 Å². The Balaban J connectivity index is 1.84. The average Bonchev–Trinajstić information content (AvgIpc) is 2.77. The standard InChI is InChI=1S/C9H14N4O/c1-11-4-6-13(9(11)14)7-5-12-3-2-10-8-12/h2-3,8H,4-7H2,1H3. The van der Waals surface area contributed by atoms with Crippen molar-refractivity contribution in [2.45, 2.75) is 6.54 Å². The smallest absolute Gasteiger partial charge is 0.319 e. The number of urea groups is 1. The molecule has 0 N–H and O–H groups in total. The number of imidazole rings is 1. The molecule has 2 heterocycles. The van der Waals surface area contributed by atoms with E-state index in [9.17, 15) is 4.79 Å². The van der Waals surface area contributed by atoms with Crippen LogP contribution in [-0.4, -0.2) is 52.1 Å². The molecular weight excluding hydrogens is 180 g/mol. The third-order valence-electron chi connectivity index (χ3n) is 2.49. The van der Waals surface area contributed by atoms with Gasteiger partial charge in [-0.15, -0.1) is 0 Å². The van der Waals surface area contributed by atoms with Crippen LogP contribution in [0.1, 0.15) is 0 Å². The van der Waals surface area contributed by atoms with Crippen molar-refractivity contribution in [1.82, 2.24) is 19.4 Å². The summed E-state index contributed by atoms with van der Waals surface area (Å²) in [6.07, 6.45) is 5.42. The van der Waals surface area contributed by atoms with Crippen LogP contribution < -0.4 is 0 Å². The molecule has 2 amide bonds. The lowest BCUT2D eigenvalue weighted by atomic mass is 10.5. The first kappa shape index (κ1) is 9.05. The zero-order chi connectivity index (χ0) is 9.97. The maximum absolute atomic E-state index is 11.5. The number of hydrogen-bond acceptors (Lipinski definition) is 2. The Bertz CT molecular complexity index is 309. The molecule has 1 aromatic heterocycles. The topological polar surface area (TPSA) is 41.4 Å². The number of carbonyl (C=O) groups is 1. The van der Waals surface area contributed by atoms with Crippen molar-refractivity contribution >= 4 is 6.03 Å². The monoisotopic (exact) mass is 194 g/mol. The minimum atomic E-state index is 0.130. The average molecular weight is 194 g/mol. The highest BCUT2D eigenvalue weighted by molar-refractivity contribution is 5.76. The summed E-state index contributed by atoms with van der Waals surface area (Å²) in [5, 5.41) is 0. The maximum Gasteiger partial charge on any atom is 0.319 e. The summed E-state index contributed by atoms with van der Waals surface area (Å²) in [4.78, 5) is 19.0. The quantitative estimate of drug-likeness (QED) is 0.692. The lowest BCUT2D eigenvalue weighted by molar-refractivity contribution is 0.197. The van der Waals surface area contributed by atoms with Crippen molar-refractivity contribution in [3.05, 3.63) is 18.7 Å². The molecule has 0 bridgehead atoms. The lowest BCUT2D eigenvalue weighted by Crippen LogP contribution is -2.31. The first-order chi connectivity index (χ1) is 6.77. The second-order valence-corrected chi connectivity index (χ2v) is 3.49. The Morgan fingerprint density at radius 1 is 1.43 bits per heavy atom. The molecule has 1 aliphatic rings. The van der Waals surface area contributed by atoms with Crippen LogP contribution in [0.2, 0.25) is 0 Å². The van der Waals surface area contributed by atoms with Crippen molar-refractivity contribution in [1.29, 1.82) is 0 Å². The van der Waals surface area contributed by atoms with E-state index in [0.29, 0.717) is 0 Å². The zero-order valence-electron chi connectivity index (χ0n) is 8.26. The predicted octanol–water partition coefficient (Wildman–Crippen LogP) is 0.250. The van der Waals surface area contributed by atoms with Crippen LogP contribution >= 0.6 is 0 Å². The van der Waals surface area contributed by atoms with Gasteiger partial charge in [-0.25, -0.2) is 9.78 Å². The molecule has 2 rings (SSSR count). The molecule has 76 valence electrons. The molecule has 14 heavy (non-hydrogen) atoms. The Kier molecular flexibility index (Phi) is 2.39. The summed E-state index contributed by atoms with van der Waals surface area (Å²) in [5.74, 6) is 0. The van der Waals surface area contributed by atoms with Gasteiger partial charge in [0.1, 0.15) is 0 Å². The highest BCUT2D eigenvalue weighted by Gasteiger charge is 2.24. The minimum absolute atomic E-state index is 0.130. The van der Waals surface area contributed by atoms with Gasteiger partial charge in [-0.2, -0.15) is 0 Å². The molecule has 1 aromatic rings. The molecule has 0 aromatic carbocycles. The molecule has 0 atom stereocenters. The van der Waals surface area contributed by atoms with Gasteiger partial charge in [-0.3, -0.25) is 0 Å². The molecule has 0 spiro atoms. The number of carbonyl (C=O) groups excluding carboxylic acids is 1. The molecule has 0 radical (unpaired) electrons. The molecule has 0 aliphatic carbocycles. The van der Waals surface area contributed by atoms with E-state index in [-0.39, 0.29) is 6.03 Å². The normalized spacial score (nSPS) is 16.8. The first-order valence-corrected chi connectivity index (χ1v) is 4.73. The van der Waals surface area contributed by atoms with Crippen LogP contribution in [0.15, 0.2) is 18.7 Å². The molecule has 5 heteroatoms. The van der Waals surface area contributed by atoms with E-state index >= 15 is 0 Å². The summed E-state index contributed by atoms with van der Waals surface area (Å²) in [7, 11) is 1.83. The number of likely N-dealkylation sites (N-methyl/N-ethyl adjacent to an activating group) is 1. The molecule has 1 saturated heterocycles. The Hall–Kier alpha value is -1.52. The first-order valence-electron chi connectivity index (χ1n) is 4.73. The number of rotatable bonds is 3. The summed E-state index contributed by atoms with van der Waals surface area (Å²) in [6, 6.07) is 0.130. The Labute approximate surface area is 82.9 Å². The summed E-state index contributed by atoms with van der Waals surface area (Å²) in [6.45, 7) is 3.26. The van der Waals surface area contributed by atoms with Crippen LogP contribution in [0.5, 0.6) is 0 Å². The van der Waals surface area contributed by atoms with E-state index in [1.165, 1.54) is 0 Å². The minimum Gasteiger partial charge on any atom is -0.336 e. The van der Waals surface area contributed by atoms with Crippen LogP contribution in [0.25, 0.3) is 0 Å². The van der Waals surface area contributed by atoms with Crippen LogP contribution in [0.3, 0.4) is 0 Å². The number of hydrogen-bond donors (Lipinski definition) is 0. The van der Waals surface area contributed by atoms with Gasteiger partial charge in [-0.05, 0) is 0 Å². The van der Waals surface area contributed by atoms with Gasteiger partial charge in [0, 0.05) is 45.6 Å². The van der Waals surface area contributed by atoms with Crippen molar-refractivity contribution < 1.29 is 4.79 Å². The van der Waals surface area contributed by atoms with Crippen molar-refractivity contribution in [3.63, 3.8) is 0 Å². The van der Waals surface area contributed by atoms with Gasteiger partial charge in [0.2, 0.25) is 0 Å². The van der Waals surface area contributed by atoms with Crippen molar-refractivity contribution in [2.75, 3.05) is 26.7 Å². The number of aromatic nitrogens is 2. The van der Waals surface area contributed by atoms with Gasteiger partial charge in [0.05, 0.1) is 6.33 Å². The van der Waals surface area contributed by atoms with Gasteiger partial charge in [0.15, 0.2) is 0 Å². The van der Waals surface area contributed by atoms with E-state index in [1.54, 1.807) is 17.4 Å². The van der Waals surface area contributed by atoms with Gasteiger partial charge >= 0.3 is 6.03 Å². The van der Waals surface area contributed by atoms with E-state index in [0.717, 1.165) is 26.2 Å². The van der Waals surface area contributed by atoms with E-state index in [2.05, 4.69) is 4.98 Å². The predicted molar refractivity (Wildman–Crippen MR) is 51.8 cm³/mol. The third kappa shape index (κ3) is 1.71. The Morgan fingerprint density at radius 2 is 2.29 bits per heavy atom. The number of nitrogens with zero attached hydrogens (tertiary/aromatic N) is 4. The summed E-state index contributed by atoms with van der Waals surface area (Å²) in [5.41, 5.74) is 0. The molecule has 1 aliphatic heterocycles. The fourth-order valence-corrected chi connectivity index (χ4v) is 1.57. The van der Waals surface area contributed by atoms with Gasteiger partial charge in [0.25, 0.3) is 0 Å². The SMILES string of the molecule is CN1CCN(CCn2ccnc2)C1=O. The molecule has 5 nitrogen and oxygen atoms in total. The molecule has 0 unspecified atom stereocenters. The van der Waals surface area contributed by atoms with Gasteiger partial charge in [-0.1, -0.05) is 0 Å². The Morgan fingerprint density at radius 3 is 2.86 bits per heavy atom. The van der Waals surface area contributed by atoms with Crippen molar-refractivity contribution in [3.8, 4) is 0 Å². The van der Waals surface area contributed by atoms with Gasteiger partial charge < -0.3 is 14.4 Å². The van der Waals surface area contributed by atoms with Crippen LogP contribution in [0.4, 0.5) is 4.79 Å². The molecule has 1 fully saturated rings. The van der Waals surface area contributed by atoms with E-state index in [4.69, 9.17) is 0 Å². The number of amides is 2. The molecular formula is C9H14N4O. The van der Waals surface area contributed by atoms with Crippen LogP contribution in [0, 0.1) is 0 Å². The fraction of sp³-hybridized carbons (Fsp3) is 0.556. The second kappa shape index (κ2) is 3.69. The maximum atomic E-state index is 11.5. The molecule has 0 saturated carbocycles. The van der Waals surface area contributed by atoms with Crippen LogP contribution in [-0.2, 0) is 6.54 Å². The highest BCUT2D eigenvalue weighted by atomic mass is 16.2. The lowest BCUT2D eigenvalue weighted by Gasteiger charge is -2.15.